The number of carbonyl (C=O) groups is 1. The van der Waals surface area contributed by atoms with Gasteiger partial charge in [0.1, 0.15) is 0 Å². The summed E-state index contributed by atoms with van der Waals surface area (Å²) in [6, 6.07) is 8.04. The predicted molar refractivity (Wildman–Crippen MR) is 70.7 cm³/mol. The Morgan fingerprint density at radius 3 is 1.87 bits per heavy atom. The third-order valence-corrected chi connectivity index (χ3v) is 3.11. The van der Waals surface area contributed by atoms with Crippen LogP contribution in [0.25, 0.3) is 0 Å². The minimum atomic E-state index is -5.35. The number of ketones is 1. The molecule has 0 aliphatic heterocycles. The molecule has 0 fully saturated rings. The summed E-state index contributed by atoms with van der Waals surface area (Å²) in [5, 5.41) is 0. The Bertz CT molecular complexity index is 734. The molecule has 0 spiro atoms. The first-order chi connectivity index (χ1) is 10.5. The second-order valence-corrected chi connectivity index (χ2v) is 4.64. The van der Waals surface area contributed by atoms with Crippen molar-refractivity contribution >= 4 is 11.5 Å². The minimum Gasteiger partial charge on any atom is -0.398 e. The molecule has 0 unspecified atom stereocenters. The molecule has 122 valence electrons. The van der Waals surface area contributed by atoms with Crippen LogP contribution in [0, 0.1) is 0 Å². The Kier molecular flexibility index (Phi) is 4.10. The highest BCUT2D eigenvalue weighted by Crippen LogP contribution is 2.44. The zero-order valence-corrected chi connectivity index (χ0v) is 11.3. The van der Waals surface area contributed by atoms with Crippen LogP contribution < -0.4 is 5.73 Å². The number of benzene rings is 2. The standard InChI is InChI=1S/C15H9F6NO/c16-14(17,18)10-7-6-9(12(22)11(10)15(19,20)21)13(23)8-4-2-1-3-5-8/h1-7H,22H2. The maximum Gasteiger partial charge on any atom is 0.419 e. The highest BCUT2D eigenvalue weighted by molar-refractivity contribution is 6.12. The summed E-state index contributed by atoms with van der Waals surface area (Å²) in [7, 11) is 0. The summed E-state index contributed by atoms with van der Waals surface area (Å²) in [6.07, 6.45) is -10.6. The van der Waals surface area contributed by atoms with Crippen LogP contribution in [0.15, 0.2) is 42.5 Å². The number of anilines is 1. The van der Waals surface area contributed by atoms with Gasteiger partial charge in [-0.1, -0.05) is 30.3 Å². The smallest absolute Gasteiger partial charge is 0.398 e. The first kappa shape index (κ1) is 16.9. The SMILES string of the molecule is Nc1c(C(=O)c2ccccc2)ccc(C(F)(F)F)c1C(F)(F)F. The Morgan fingerprint density at radius 1 is 0.826 bits per heavy atom. The molecule has 0 bridgehead atoms. The lowest BCUT2D eigenvalue weighted by molar-refractivity contribution is -0.161. The molecule has 0 aliphatic carbocycles. The molecule has 0 saturated carbocycles. The number of rotatable bonds is 2. The fourth-order valence-electron chi connectivity index (χ4n) is 2.10. The maximum atomic E-state index is 13.0. The molecule has 2 N–H and O–H groups in total. The van der Waals surface area contributed by atoms with E-state index in [1.54, 1.807) is 6.07 Å². The fourth-order valence-corrected chi connectivity index (χ4v) is 2.10. The van der Waals surface area contributed by atoms with Crippen molar-refractivity contribution in [2.75, 3.05) is 5.73 Å². The largest absolute Gasteiger partial charge is 0.419 e. The molecule has 0 aromatic heterocycles. The average molecular weight is 333 g/mol. The topological polar surface area (TPSA) is 43.1 Å². The number of nitrogen functional groups attached to an aromatic ring is 1. The first-order valence-corrected chi connectivity index (χ1v) is 6.20. The van der Waals surface area contributed by atoms with Gasteiger partial charge in [-0.05, 0) is 12.1 Å². The number of alkyl halides is 6. The van der Waals surface area contributed by atoms with E-state index in [0.717, 1.165) is 0 Å². The van der Waals surface area contributed by atoms with Crippen LogP contribution in [0.5, 0.6) is 0 Å². The third kappa shape index (κ3) is 3.30. The molecule has 0 saturated heterocycles. The van der Waals surface area contributed by atoms with E-state index in [4.69, 9.17) is 5.73 Å². The first-order valence-electron chi connectivity index (χ1n) is 6.20. The Balaban J connectivity index is 2.68. The third-order valence-electron chi connectivity index (χ3n) is 3.11. The van der Waals surface area contributed by atoms with Gasteiger partial charge in [-0.2, -0.15) is 26.3 Å². The van der Waals surface area contributed by atoms with Crippen LogP contribution in [0.1, 0.15) is 27.0 Å². The van der Waals surface area contributed by atoms with E-state index in [1.165, 1.54) is 24.3 Å². The van der Waals surface area contributed by atoms with Crippen molar-refractivity contribution in [2.24, 2.45) is 0 Å². The quantitative estimate of drug-likeness (QED) is 0.498. The predicted octanol–water partition coefficient (Wildman–Crippen LogP) is 4.54. The highest BCUT2D eigenvalue weighted by atomic mass is 19.4. The molecule has 0 aliphatic rings. The van der Waals surface area contributed by atoms with E-state index in [2.05, 4.69) is 0 Å². The summed E-state index contributed by atoms with van der Waals surface area (Å²) in [5.41, 5.74) is -0.552. The van der Waals surface area contributed by atoms with E-state index in [0.29, 0.717) is 6.07 Å². The van der Waals surface area contributed by atoms with Gasteiger partial charge < -0.3 is 5.73 Å². The Hall–Kier alpha value is -2.51. The second kappa shape index (κ2) is 5.60. The van der Waals surface area contributed by atoms with Crippen molar-refractivity contribution in [2.45, 2.75) is 12.4 Å². The summed E-state index contributed by atoms with van der Waals surface area (Å²) in [5.74, 6) is -0.887. The van der Waals surface area contributed by atoms with Crippen molar-refractivity contribution in [3.63, 3.8) is 0 Å². The van der Waals surface area contributed by atoms with Gasteiger partial charge in [0.2, 0.25) is 0 Å². The molecule has 0 amide bonds. The number of halogens is 6. The molecule has 2 rings (SSSR count). The molecule has 8 heteroatoms. The van der Waals surface area contributed by atoms with Crippen LogP contribution in [-0.2, 0) is 12.4 Å². The van der Waals surface area contributed by atoms with Crippen LogP contribution in [0.4, 0.5) is 32.0 Å². The molecule has 2 aromatic carbocycles. The van der Waals surface area contributed by atoms with Crippen molar-refractivity contribution in [1.29, 1.82) is 0 Å². The maximum absolute atomic E-state index is 13.0. The van der Waals surface area contributed by atoms with E-state index in [-0.39, 0.29) is 11.6 Å². The number of nitrogens with two attached hydrogens (primary N) is 1. The van der Waals surface area contributed by atoms with Crippen molar-refractivity contribution in [3.8, 4) is 0 Å². The van der Waals surface area contributed by atoms with Gasteiger partial charge in [-0.15, -0.1) is 0 Å². The van der Waals surface area contributed by atoms with Gasteiger partial charge >= 0.3 is 12.4 Å². The fraction of sp³-hybridized carbons (Fsp3) is 0.133. The number of hydrogen-bond donors (Lipinski definition) is 1. The monoisotopic (exact) mass is 333 g/mol. The van der Waals surface area contributed by atoms with Crippen molar-refractivity contribution < 1.29 is 31.1 Å². The lowest BCUT2D eigenvalue weighted by Gasteiger charge is -2.19. The van der Waals surface area contributed by atoms with Gasteiger partial charge in [0.05, 0.1) is 16.8 Å². The van der Waals surface area contributed by atoms with Crippen LogP contribution in [0.2, 0.25) is 0 Å². The van der Waals surface area contributed by atoms with Gasteiger partial charge in [0, 0.05) is 11.1 Å². The molecule has 23 heavy (non-hydrogen) atoms. The van der Waals surface area contributed by atoms with E-state index in [9.17, 15) is 31.1 Å². The van der Waals surface area contributed by atoms with Crippen LogP contribution in [0.3, 0.4) is 0 Å². The van der Waals surface area contributed by atoms with Crippen LogP contribution >= 0.6 is 0 Å². The normalized spacial score (nSPS) is 12.3. The molecule has 0 radical (unpaired) electrons. The molecular weight excluding hydrogens is 324 g/mol. The summed E-state index contributed by atoms with van der Waals surface area (Å²) < 4.78 is 77.3. The number of carbonyl (C=O) groups excluding carboxylic acids is 1. The molecule has 2 aromatic rings. The average Bonchev–Trinajstić information content (AvgIpc) is 2.45. The lowest BCUT2D eigenvalue weighted by atomic mass is 9.95. The Labute approximate surface area is 126 Å². The van der Waals surface area contributed by atoms with Gasteiger partial charge in [-0.3, -0.25) is 4.79 Å². The minimum absolute atomic E-state index is 0.0204. The zero-order chi connectivity index (χ0) is 17.4. The van der Waals surface area contributed by atoms with Gasteiger partial charge in [-0.25, -0.2) is 0 Å². The van der Waals surface area contributed by atoms with Gasteiger partial charge in [0.25, 0.3) is 0 Å². The van der Waals surface area contributed by atoms with Crippen molar-refractivity contribution in [1.82, 2.24) is 0 Å². The van der Waals surface area contributed by atoms with Crippen molar-refractivity contribution in [3.05, 3.63) is 64.7 Å². The molecule has 0 atom stereocenters. The lowest BCUT2D eigenvalue weighted by Crippen LogP contribution is -2.21. The van der Waals surface area contributed by atoms with Crippen LogP contribution in [-0.4, -0.2) is 5.78 Å². The number of hydrogen-bond acceptors (Lipinski definition) is 2. The summed E-state index contributed by atoms with van der Waals surface area (Å²) in [6.45, 7) is 0. The summed E-state index contributed by atoms with van der Waals surface area (Å²) >= 11 is 0. The molecular formula is C15H9F6NO. The van der Waals surface area contributed by atoms with Gasteiger partial charge in [0.15, 0.2) is 5.78 Å². The van der Waals surface area contributed by atoms with E-state index >= 15 is 0 Å². The highest BCUT2D eigenvalue weighted by Gasteiger charge is 2.45. The Morgan fingerprint density at radius 2 is 1.39 bits per heavy atom. The second-order valence-electron chi connectivity index (χ2n) is 4.64. The zero-order valence-electron chi connectivity index (χ0n) is 11.3. The van der Waals surface area contributed by atoms with E-state index in [1.807, 2.05) is 0 Å². The molecule has 0 heterocycles. The summed E-state index contributed by atoms with van der Waals surface area (Å²) in [4.78, 5) is 12.2. The van der Waals surface area contributed by atoms with E-state index < -0.39 is 40.5 Å². The molecule has 2 nitrogen and oxygen atoms in total.